The fourth-order valence-corrected chi connectivity index (χ4v) is 3.57. The van der Waals surface area contributed by atoms with Crippen LogP contribution in [0.5, 0.6) is 0 Å². The Morgan fingerprint density at radius 2 is 1.80 bits per heavy atom. The van der Waals surface area contributed by atoms with Crippen LogP contribution in [0, 0.1) is 11.8 Å². The molecule has 0 aromatic heterocycles. The molecule has 0 radical (unpaired) electrons. The minimum atomic E-state index is -0.509. The van der Waals surface area contributed by atoms with Gasteiger partial charge in [0, 0.05) is 5.69 Å². The first-order valence-electron chi connectivity index (χ1n) is 8.34. The van der Waals surface area contributed by atoms with Crippen molar-refractivity contribution in [2.24, 2.45) is 11.8 Å². The molecular weight excluding hydrogens is 324 g/mol. The molecular formula is C18H20N2O5. The van der Waals surface area contributed by atoms with Gasteiger partial charge in [0.15, 0.2) is 0 Å². The molecule has 3 rings (SSSR count). The van der Waals surface area contributed by atoms with Crippen molar-refractivity contribution in [3.05, 3.63) is 29.8 Å². The van der Waals surface area contributed by atoms with Gasteiger partial charge in [-0.2, -0.15) is 0 Å². The Bertz CT molecular complexity index is 706. The van der Waals surface area contributed by atoms with Crippen molar-refractivity contribution in [3.8, 4) is 0 Å². The van der Waals surface area contributed by atoms with Gasteiger partial charge in [-0.1, -0.05) is 18.9 Å². The average Bonchev–Trinajstić information content (AvgIpc) is 2.86. The maximum atomic E-state index is 12.4. The monoisotopic (exact) mass is 344 g/mol. The molecule has 1 saturated heterocycles. The molecule has 1 saturated carbocycles. The summed E-state index contributed by atoms with van der Waals surface area (Å²) in [6.07, 6.45) is 3.32. The summed E-state index contributed by atoms with van der Waals surface area (Å²) in [7, 11) is 1.28. The molecule has 1 aromatic carbocycles. The fourth-order valence-electron chi connectivity index (χ4n) is 3.57. The number of benzene rings is 1. The van der Waals surface area contributed by atoms with Crippen molar-refractivity contribution in [2.45, 2.75) is 25.7 Å². The number of amides is 3. The highest BCUT2D eigenvalue weighted by Gasteiger charge is 2.48. The zero-order valence-electron chi connectivity index (χ0n) is 14.0. The molecule has 25 heavy (non-hydrogen) atoms. The molecule has 0 spiro atoms. The number of hydrogen-bond donors (Lipinski definition) is 1. The third-order valence-electron chi connectivity index (χ3n) is 4.80. The van der Waals surface area contributed by atoms with Crippen molar-refractivity contribution in [1.29, 1.82) is 0 Å². The van der Waals surface area contributed by atoms with Crippen LogP contribution < -0.4 is 5.32 Å². The summed E-state index contributed by atoms with van der Waals surface area (Å²) in [5.74, 6) is -2.00. The maximum Gasteiger partial charge on any atom is 0.337 e. The van der Waals surface area contributed by atoms with Gasteiger partial charge in [0.25, 0.3) is 0 Å². The maximum absolute atomic E-state index is 12.4. The summed E-state index contributed by atoms with van der Waals surface area (Å²) >= 11 is 0. The molecule has 1 aliphatic carbocycles. The van der Waals surface area contributed by atoms with Crippen molar-refractivity contribution >= 4 is 29.4 Å². The third-order valence-corrected chi connectivity index (χ3v) is 4.80. The molecule has 2 atom stereocenters. The first kappa shape index (κ1) is 17.1. The van der Waals surface area contributed by atoms with E-state index in [0.29, 0.717) is 24.1 Å². The van der Waals surface area contributed by atoms with Crippen LogP contribution in [-0.4, -0.2) is 42.2 Å². The second-order valence-corrected chi connectivity index (χ2v) is 6.38. The van der Waals surface area contributed by atoms with Crippen molar-refractivity contribution in [2.75, 3.05) is 19.0 Å². The lowest BCUT2D eigenvalue weighted by Gasteiger charge is -2.19. The van der Waals surface area contributed by atoms with Gasteiger partial charge in [-0.05, 0) is 31.0 Å². The molecule has 0 bridgehead atoms. The second-order valence-electron chi connectivity index (χ2n) is 6.38. The summed E-state index contributed by atoms with van der Waals surface area (Å²) in [6.45, 7) is -0.298. The van der Waals surface area contributed by atoms with Crippen LogP contribution in [0.3, 0.4) is 0 Å². The number of fused-ring (bicyclic) bond motifs is 1. The third kappa shape index (κ3) is 3.40. The number of ether oxygens (including phenoxy) is 1. The molecule has 1 heterocycles. The number of carbonyl (C=O) groups excluding carboxylic acids is 4. The van der Waals surface area contributed by atoms with Crippen LogP contribution in [-0.2, 0) is 19.1 Å². The summed E-state index contributed by atoms with van der Waals surface area (Å²) in [5.41, 5.74) is 0.712. The van der Waals surface area contributed by atoms with E-state index < -0.39 is 11.9 Å². The number of methoxy groups -OCH3 is 1. The molecule has 7 heteroatoms. The average molecular weight is 344 g/mol. The lowest BCUT2D eigenvalue weighted by atomic mass is 9.81. The minimum Gasteiger partial charge on any atom is -0.465 e. The van der Waals surface area contributed by atoms with Gasteiger partial charge in [-0.3, -0.25) is 19.3 Å². The zero-order chi connectivity index (χ0) is 18.0. The predicted molar refractivity (Wildman–Crippen MR) is 88.6 cm³/mol. The highest BCUT2D eigenvalue weighted by Crippen LogP contribution is 2.37. The predicted octanol–water partition coefficient (Wildman–Crippen LogP) is 1.59. The van der Waals surface area contributed by atoms with Gasteiger partial charge in [0.05, 0.1) is 24.5 Å². The van der Waals surface area contributed by atoms with E-state index in [-0.39, 0.29) is 30.2 Å². The smallest absolute Gasteiger partial charge is 0.337 e. The van der Waals surface area contributed by atoms with Crippen molar-refractivity contribution < 1.29 is 23.9 Å². The highest BCUT2D eigenvalue weighted by molar-refractivity contribution is 6.08. The molecule has 3 amide bonds. The largest absolute Gasteiger partial charge is 0.465 e. The van der Waals surface area contributed by atoms with Crippen LogP contribution in [0.25, 0.3) is 0 Å². The molecule has 1 N–H and O–H groups in total. The molecule has 1 aliphatic heterocycles. The van der Waals surface area contributed by atoms with E-state index in [4.69, 9.17) is 0 Å². The number of imide groups is 1. The molecule has 7 nitrogen and oxygen atoms in total. The van der Waals surface area contributed by atoms with Crippen LogP contribution in [0.2, 0.25) is 0 Å². The Morgan fingerprint density at radius 1 is 1.16 bits per heavy atom. The minimum absolute atomic E-state index is 0.242. The van der Waals surface area contributed by atoms with Crippen LogP contribution in [0.15, 0.2) is 24.3 Å². The Kier molecular flexibility index (Phi) is 4.83. The number of nitrogens with zero attached hydrogens (tertiary/aromatic N) is 1. The number of hydrogen-bond acceptors (Lipinski definition) is 5. The molecule has 0 unspecified atom stereocenters. The Hall–Kier alpha value is -2.70. The van der Waals surface area contributed by atoms with Crippen LogP contribution in [0.1, 0.15) is 36.0 Å². The van der Waals surface area contributed by atoms with Gasteiger partial charge in [0.1, 0.15) is 6.54 Å². The Balaban J connectivity index is 1.66. The first-order chi connectivity index (χ1) is 12.0. The van der Waals surface area contributed by atoms with Gasteiger partial charge in [-0.15, -0.1) is 0 Å². The lowest BCUT2D eigenvalue weighted by molar-refractivity contribution is -0.142. The fraction of sp³-hybridized carbons (Fsp3) is 0.444. The highest BCUT2D eigenvalue weighted by atomic mass is 16.5. The van der Waals surface area contributed by atoms with E-state index >= 15 is 0 Å². The number of nitrogens with one attached hydrogen (secondary N) is 1. The van der Waals surface area contributed by atoms with Crippen molar-refractivity contribution in [1.82, 2.24) is 4.90 Å². The standard InChI is InChI=1S/C18H20N2O5/c1-25-18(24)11-5-4-6-12(9-11)19-15(21)10-20-16(22)13-7-2-3-8-14(13)17(20)23/h4-6,9,13-14H,2-3,7-8,10H2,1H3,(H,19,21)/t13-,14+. The lowest BCUT2D eigenvalue weighted by Crippen LogP contribution is -2.38. The molecule has 2 aliphatic rings. The van der Waals surface area contributed by atoms with Gasteiger partial charge >= 0.3 is 5.97 Å². The summed E-state index contributed by atoms with van der Waals surface area (Å²) in [6, 6.07) is 6.29. The van der Waals surface area contributed by atoms with E-state index in [1.807, 2.05) is 0 Å². The normalized spacial score (nSPS) is 22.5. The molecule has 2 fully saturated rings. The van der Waals surface area contributed by atoms with Crippen molar-refractivity contribution in [3.63, 3.8) is 0 Å². The summed E-state index contributed by atoms with van der Waals surface area (Å²) in [5, 5.41) is 2.62. The topological polar surface area (TPSA) is 92.8 Å². The molecule has 1 aromatic rings. The number of carbonyl (C=O) groups is 4. The first-order valence-corrected chi connectivity index (χ1v) is 8.34. The Labute approximate surface area is 145 Å². The van der Waals surface area contributed by atoms with Crippen LogP contribution >= 0.6 is 0 Å². The van der Waals surface area contributed by atoms with E-state index in [0.717, 1.165) is 17.7 Å². The summed E-state index contributed by atoms with van der Waals surface area (Å²) < 4.78 is 4.64. The van der Waals surface area contributed by atoms with Gasteiger partial charge in [0.2, 0.25) is 17.7 Å². The Morgan fingerprint density at radius 3 is 2.40 bits per heavy atom. The van der Waals surface area contributed by atoms with E-state index in [9.17, 15) is 19.2 Å². The van der Waals surface area contributed by atoms with Gasteiger partial charge in [-0.25, -0.2) is 4.79 Å². The molecule has 132 valence electrons. The van der Waals surface area contributed by atoms with E-state index in [1.165, 1.54) is 13.2 Å². The van der Waals surface area contributed by atoms with E-state index in [2.05, 4.69) is 10.1 Å². The second kappa shape index (κ2) is 7.04. The zero-order valence-corrected chi connectivity index (χ0v) is 14.0. The van der Waals surface area contributed by atoms with Gasteiger partial charge < -0.3 is 10.1 Å². The SMILES string of the molecule is COC(=O)c1cccc(NC(=O)CN2C(=O)[C@H]3CCCC[C@H]3C2=O)c1. The number of likely N-dealkylation sites (tertiary alicyclic amines) is 1. The summed E-state index contributed by atoms with van der Waals surface area (Å²) in [4.78, 5) is 49.6. The van der Waals surface area contributed by atoms with Crippen LogP contribution in [0.4, 0.5) is 5.69 Å². The van der Waals surface area contributed by atoms with E-state index in [1.54, 1.807) is 18.2 Å². The number of esters is 1. The quantitative estimate of drug-likeness (QED) is 0.661. The number of rotatable bonds is 4. The number of anilines is 1.